The van der Waals surface area contributed by atoms with Crippen molar-refractivity contribution in [2.75, 3.05) is 0 Å². The van der Waals surface area contributed by atoms with E-state index < -0.39 is 5.41 Å². The minimum atomic E-state index is -0.508. The van der Waals surface area contributed by atoms with Crippen molar-refractivity contribution in [2.45, 2.75) is 5.41 Å². The molecule has 0 bridgehead atoms. The largest absolute Gasteiger partial charge is 0.454 e. The summed E-state index contributed by atoms with van der Waals surface area (Å²) in [4.78, 5) is 10.5. The second-order valence-electron chi connectivity index (χ2n) is 13.3. The Morgan fingerprint density at radius 2 is 1.00 bits per heavy atom. The van der Waals surface area contributed by atoms with Gasteiger partial charge in [0.15, 0.2) is 11.6 Å². The van der Waals surface area contributed by atoms with Crippen molar-refractivity contribution < 1.29 is 4.42 Å². The van der Waals surface area contributed by atoms with Crippen LogP contribution < -0.4 is 0 Å². The van der Waals surface area contributed by atoms with Gasteiger partial charge in [-0.3, -0.25) is 0 Å². The molecule has 0 aliphatic heterocycles. The zero-order chi connectivity index (χ0) is 34.5. The summed E-state index contributed by atoms with van der Waals surface area (Å²) in [5.41, 5.74) is 13.6. The number of nitrogens with zero attached hydrogens (tertiary/aromatic N) is 2. The van der Waals surface area contributed by atoms with E-state index in [0.29, 0.717) is 11.6 Å². The third-order valence-corrected chi connectivity index (χ3v) is 10.4. The highest BCUT2D eigenvalue weighted by molar-refractivity contribution is 5.89. The summed E-state index contributed by atoms with van der Waals surface area (Å²) in [5.74, 6) is 1.36. The Morgan fingerprint density at radius 3 is 1.77 bits per heavy atom. The molecular weight excluding hydrogens is 633 g/mol. The lowest BCUT2D eigenvalue weighted by Gasteiger charge is -2.34. The van der Waals surface area contributed by atoms with Gasteiger partial charge in [0.25, 0.3) is 0 Å². The van der Waals surface area contributed by atoms with Crippen LogP contribution in [-0.4, -0.2) is 9.97 Å². The molecule has 10 rings (SSSR count). The summed E-state index contributed by atoms with van der Waals surface area (Å²) in [6, 6.07) is 68.6. The monoisotopic (exact) mass is 664 g/mol. The molecule has 2 aromatic heterocycles. The van der Waals surface area contributed by atoms with Crippen molar-refractivity contribution in [3.8, 4) is 56.4 Å². The maximum absolute atomic E-state index is 6.40. The molecular formula is C49H32N2O. The first-order valence-electron chi connectivity index (χ1n) is 17.7. The molecule has 3 nitrogen and oxygen atoms in total. The van der Waals surface area contributed by atoms with E-state index in [-0.39, 0.29) is 0 Å². The summed E-state index contributed by atoms with van der Waals surface area (Å²) < 4.78 is 6.40. The lowest BCUT2D eigenvalue weighted by Crippen LogP contribution is -2.28. The standard InChI is InChI=1S/C49H32N2O/c1-4-15-33(16-5-1)34-18-14-19-37(29-34)48-50-44(32-45(51-48)47-31-36-17-10-13-26-46(36)52-47)35-27-28-41-40-24-11-12-25-42(40)49(43(41)30-35,38-20-6-2-7-21-38)39-22-8-3-9-23-39/h1-32H. The van der Waals surface area contributed by atoms with Crippen LogP contribution in [0.2, 0.25) is 0 Å². The number of hydrogen-bond donors (Lipinski definition) is 0. The number of hydrogen-bond acceptors (Lipinski definition) is 3. The number of fused-ring (bicyclic) bond motifs is 4. The van der Waals surface area contributed by atoms with E-state index in [1.807, 2.05) is 24.3 Å². The zero-order valence-electron chi connectivity index (χ0n) is 28.3. The SMILES string of the molecule is c1ccc(-c2cccc(-c3nc(-c4ccc5c(c4)C(c4ccccc4)(c4ccccc4)c4ccccc4-5)cc(-c4cc5ccccc5o4)n3)c2)cc1. The summed E-state index contributed by atoms with van der Waals surface area (Å²) in [6.45, 7) is 0. The van der Waals surface area contributed by atoms with Crippen molar-refractivity contribution in [3.05, 3.63) is 216 Å². The molecule has 7 aromatic carbocycles. The van der Waals surface area contributed by atoms with E-state index in [0.717, 1.165) is 44.6 Å². The van der Waals surface area contributed by atoms with Gasteiger partial charge in [0, 0.05) is 16.5 Å². The number of aromatic nitrogens is 2. The number of benzene rings is 7. The van der Waals surface area contributed by atoms with Gasteiger partial charge in [0.1, 0.15) is 11.3 Å². The first-order chi connectivity index (χ1) is 25.8. The smallest absolute Gasteiger partial charge is 0.160 e. The van der Waals surface area contributed by atoms with E-state index in [9.17, 15) is 0 Å². The average molecular weight is 665 g/mol. The van der Waals surface area contributed by atoms with Crippen molar-refractivity contribution in [3.63, 3.8) is 0 Å². The molecule has 0 atom stereocenters. The van der Waals surface area contributed by atoms with Gasteiger partial charge in [-0.05, 0) is 74.8 Å². The van der Waals surface area contributed by atoms with Gasteiger partial charge in [-0.1, -0.05) is 164 Å². The highest BCUT2D eigenvalue weighted by Crippen LogP contribution is 2.56. The van der Waals surface area contributed by atoms with Gasteiger partial charge in [-0.2, -0.15) is 0 Å². The van der Waals surface area contributed by atoms with E-state index in [2.05, 4.69) is 170 Å². The molecule has 0 fully saturated rings. The topological polar surface area (TPSA) is 38.9 Å². The zero-order valence-corrected chi connectivity index (χ0v) is 28.3. The van der Waals surface area contributed by atoms with Crippen molar-refractivity contribution in [1.82, 2.24) is 9.97 Å². The molecule has 52 heavy (non-hydrogen) atoms. The molecule has 0 unspecified atom stereocenters. The molecule has 244 valence electrons. The Labute approximate surface area is 302 Å². The van der Waals surface area contributed by atoms with Crippen LogP contribution in [0.3, 0.4) is 0 Å². The van der Waals surface area contributed by atoms with Crippen LogP contribution in [0.25, 0.3) is 67.3 Å². The average Bonchev–Trinajstić information content (AvgIpc) is 3.80. The first kappa shape index (κ1) is 30.0. The Balaban J connectivity index is 1.21. The highest BCUT2D eigenvalue weighted by Gasteiger charge is 2.46. The molecule has 0 spiro atoms. The summed E-state index contributed by atoms with van der Waals surface area (Å²) in [6.07, 6.45) is 0. The van der Waals surface area contributed by atoms with Gasteiger partial charge in [-0.15, -0.1) is 0 Å². The summed E-state index contributed by atoms with van der Waals surface area (Å²) in [7, 11) is 0. The number of furan rings is 1. The minimum absolute atomic E-state index is 0.508. The Kier molecular flexibility index (Phi) is 7.04. The van der Waals surface area contributed by atoms with Crippen molar-refractivity contribution in [2.24, 2.45) is 0 Å². The lowest BCUT2D eigenvalue weighted by molar-refractivity contribution is 0.628. The molecule has 0 saturated carbocycles. The summed E-state index contributed by atoms with van der Waals surface area (Å²) >= 11 is 0. The molecule has 1 aliphatic rings. The molecule has 1 aliphatic carbocycles. The minimum Gasteiger partial charge on any atom is -0.454 e. The first-order valence-corrected chi connectivity index (χ1v) is 17.7. The quantitative estimate of drug-likeness (QED) is 0.178. The molecule has 0 radical (unpaired) electrons. The Morgan fingerprint density at radius 1 is 0.385 bits per heavy atom. The van der Waals surface area contributed by atoms with Gasteiger partial charge in [0.05, 0.1) is 11.1 Å². The predicted octanol–water partition coefficient (Wildman–Crippen LogP) is 12.3. The molecule has 0 amide bonds. The van der Waals surface area contributed by atoms with Crippen LogP contribution in [-0.2, 0) is 5.41 Å². The van der Waals surface area contributed by atoms with Gasteiger partial charge in [-0.25, -0.2) is 9.97 Å². The van der Waals surface area contributed by atoms with Crippen LogP contribution in [0, 0.1) is 0 Å². The maximum atomic E-state index is 6.40. The second kappa shape index (κ2) is 12.2. The van der Waals surface area contributed by atoms with Gasteiger partial charge >= 0.3 is 0 Å². The number of para-hydroxylation sites is 1. The van der Waals surface area contributed by atoms with Crippen molar-refractivity contribution >= 4 is 11.0 Å². The van der Waals surface area contributed by atoms with Crippen LogP contribution in [0.15, 0.2) is 199 Å². The third-order valence-electron chi connectivity index (χ3n) is 10.4. The summed E-state index contributed by atoms with van der Waals surface area (Å²) in [5, 5.41) is 1.04. The fourth-order valence-corrected chi connectivity index (χ4v) is 8.03. The molecule has 3 heteroatoms. The van der Waals surface area contributed by atoms with E-state index in [4.69, 9.17) is 14.4 Å². The maximum Gasteiger partial charge on any atom is 0.160 e. The molecule has 2 heterocycles. The Hall–Kier alpha value is -6.84. The molecule has 0 saturated heterocycles. The Bertz CT molecular complexity index is 2660. The molecule has 9 aromatic rings. The third kappa shape index (κ3) is 4.82. The van der Waals surface area contributed by atoms with Crippen LogP contribution >= 0.6 is 0 Å². The molecule has 0 N–H and O–H groups in total. The fourth-order valence-electron chi connectivity index (χ4n) is 8.03. The second-order valence-corrected chi connectivity index (χ2v) is 13.3. The van der Waals surface area contributed by atoms with E-state index in [1.165, 1.54) is 33.4 Å². The predicted molar refractivity (Wildman–Crippen MR) is 211 cm³/mol. The van der Waals surface area contributed by atoms with Gasteiger partial charge < -0.3 is 4.42 Å². The van der Waals surface area contributed by atoms with Crippen LogP contribution in [0.4, 0.5) is 0 Å². The fraction of sp³-hybridized carbons (Fsp3) is 0.0204. The van der Waals surface area contributed by atoms with Gasteiger partial charge in [0.2, 0.25) is 0 Å². The lowest BCUT2D eigenvalue weighted by atomic mass is 9.67. The highest BCUT2D eigenvalue weighted by atomic mass is 16.3. The van der Waals surface area contributed by atoms with E-state index >= 15 is 0 Å². The number of rotatable bonds is 6. The van der Waals surface area contributed by atoms with Crippen LogP contribution in [0.5, 0.6) is 0 Å². The van der Waals surface area contributed by atoms with E-state index in [1.54, 1.807) is 0 Å². The normalized spacial score (nSPS) is 12.8. The van der Waals surface area contributed by atoms with Crippen LogP contribution in [0.1, 0.15) is 22.3 Å². The van der Waals surface area contributed by atoms with Crippen molar-refractivity contribution in [1.29, 1.82) is 0 Å².